The number of rotatable bonds is 4. The molecule has 0 saturated heterocycles. The van der Waals surface area contributed by atoms with Crippen molar-refractivity contribution in [1.29, 1.82) is 0 Å². The van der Waals surface area contributed by atoms with Crippen LogP contribution in [-0.2, 0) is 9.53 Å². The number of esters is 1. The molecule has 0 radical (unpaired) electrons. The molecule has 6 heteroatoms. The summed E-state index contributed by atoms with van der Waals surface area (Å²) >= 11 is 0. The lowest BCUT2D eigenvalue weighted by Crippen LogP contribution is -2.07. The largest absolute Gasteiger partial charge is 0.461 e. The van der Waals surface area contributed by atoms with Crippen LogP contribution in [0.4, 0.5) is 4.39 Å². The molecule has 5 nitrogen and oxygen atoms in total. The number of ether oxygens (including phenoxy) is 1. The van der Waals surface area contributed by atoms with Gasteiger partial charge in [-0.15, -0.1) is 0 Å². The van der Waals surface area contributed by atoms with Crippen LogP contribution in [0.15, 0.2) is 36.4 Å². The number of aromatic nitrogens is 2. The summed E-state index contributed by atoms with van der Waals surface area (Å²) in [4.78, 5) is 23.4. The smallest absolute Gasteiger partial charge is 0.358 e. The van der Waals surface area contributed by atoms with Gasteiger partial charge in [-0.05, 0) is 55.3 Å². The van der Waals surface area contributed by atoms with E-state index < -0.39 is 5.97 Å². The van der Waals surface area contributed by atoms with E-state index >= 15 is 0 Å². The molecule has 0 N–H and O–H groups in total. The molecule has 0 saturated carbocycles. The van der Waals surface area contributed by atoms with Gasteiger partial charge >= 0.3 is 5.97 Å². The minimum Gasteiger partial charge on any atom is -0.461 e. The van der Waals surface area contributed by atoms with Crippen LogP contribution < -0.4 is 0 Å². The maximum Gasteiger partial charge on any atom is 0.358 e. The van der Waals surface area contributed by atoms with Crippen molar-refractivity contribution in [2.45, 2.75) is 19.8 Å². The summed E-state index contributed by atoms with van der Waals surface area (Å²) in [5.41, 5.74) is 2.22. The van der Waals surface area contributed by atoms with E-state index in [1.807, 2.05) is 0 Å². The van der Waals surface area contributed by atoms with Crippen molar-refractivity contribution < 1.29 is 18.7 Å². The maximum absolute atomic E-state index is 13.1. The summed E-state index contributed by atoms with van der Waals surface area (Å²) in [5.74, 6) is -0.840. The predicted octanol–water partition coefficient (Wildman–Crippen LogP) is 2.93. The third-order valence-corrected chi connectivity index (χ3v) is 3.57. The van der Waals surface area contributed by atoms with Crippen molar-refractivity contribution in [3.63, 3.8) is 0 Å². The Balaban J connectivity index is 2.08. The van der Waals surface area contributed by atoms with Crippen LogP contribution in [0.25, 0.3) is 11.3 Å². The Hall–Kier alpha value is -2.76. The first-order chi connectivity index (χ1) is 11.1. The lowest BCUT2D eigenvalue weighted by atomic mass is 10.1. The van der Waals surface area contributed by atoms with Gasteiger partial charge in [-0.25, -0.2) is 13.9 Å². The monoisotopic (exact) mass is 314 g/mol. The number of carbonyl (C=O) groups is 2. The number of nitrogens with zero attached hydrogens (tertiary/aromatic N) is 2. The van der Waals surface area contributed by atoms with E-state index in [9.17, 15) is 14.0 Å². The number of carbonyl (C=O) groups excluding carboxylic acids is 2. The number of ketones is 1. The minimum atomic E-state index is -0.528. The maximum atomic E-state index is 13.1. The molecule has 118 valence electrons. The molecule has 0 fully saturated rings. The van der Waals surface area contributed by atoms with E-state index in [0.29, 0.717) is 24.2 Å². The van der Waals surface area contributed by atoms with E-state index in [4.69, 9.17) is 4.74 Å². The molecule has 23 heavy (non-hydrogen) atoms. The molecule has 3 rings (SSSR count). The summed E-state index contributed by atoms with van der Waals surface area (Å²) < 4.78 is 19.6. The molecular weight excluding hydrogens is 299 g/mol. The summed E-state index contributed by atoms with van der Waals surface area (Å²) in [6, 6.07) is 7.38. The van der Waals surface area contributed by atoms with Gasteiger partial charge in [-0.3, -0.25) is 4.79 Å². The molecular formula is C17H15FN2O3. The highest BCUT2D eigenvalue weighted by Crippen LogP contribution is 2.28. The van der Waals surface area contributed by atoms with E-state index in [1.165, 1.54) is 16.8 Å². The first kappa shape index (κ1) is 15.1. The van der Waals surface area contributed by atoms with E-state index in [0.717, 1.165) is 5.57 Å². The second kappa shape index (κ2) is 6.16. The van der Waals surface area contributed by atoms with Crippen molar-refractivity contribution in [3.8, 4) is 5.69 Å². The van der Waals surface area contributed by atoms with Crippen LogP contribution >= 0.6 is 0 Å². The number of allylic oxidation sites excluding steroid dienone is 2. The number of hydrogen-bond acceptors (Lipinski definition) is 4. The first-order valence-corrected chi connectivity index (χ1v) is 7.35. The predicted molar refractivity (Wildman–Crippen MR) is 81.7 cm³/mol. The summed E-state index contributed by atoms with van der Waals surface area (Å²) in [6.45, 7) is 1.96. The highest BCUT2D eigenvalue weighted by Gasteiger charge is 2.22. The fraction of sp³-hybridized carbons (Fsp3) is 0.235. The van der Waals surface area contributed by atoms with Crippen molar-refractivity contribution in [2.75, 3.05) is 6.61 Å². The van der Waals surface area contributed by atoms with Gasteiger partial charge in [0.05, 0.1) is 18.0 Å². The third kappa shape index (κ3) is 3.06. The van der Waals surface area contributed by atoms with Gasteiger partial charge < -0.3 is 4.74 Å². The van der Waals surface area contributed by atoms with E-state index in [1.54, 1.807) is 31.2 Å². The molecule has 0 aliphatic heterocycles. The second-order valence-electron chi connectivity index (χ2n) is 5.16. The standard InChI is InChI=1S/C17H15FN2O3/c1-2-23-17(22)15-10-16(11-3-8-14(21)9-11)20(19-15)13-6-4-12(18)5-7-13/h4-7,9-10H,2-3,8H2,1H3. The molecule has 0 spiro atoms. The average Bonchev–Trinajstić information content (AvgIpc) is 3.14. The second-order valence-corrected chi connectivity index (χ2v) is 5.16. The molecule has 1 aliphatic rings. The zero-order valence-electron chi connectivity index (χ0n) is 12.6. The number of halogens is 1. The van der Waals surface area contributed by atoms with Crippen LogP contribution in [0.1, 0.15) is 35.9 Å². The Labute approximate surface area is 132 Å². The Morgan fingerprint density at radius 3 is 2.65 bits per heavy atom. The molecule has 0 unspecified atom stereocenters. The summed E-state index contributed by atoms with van der Waals surface area (Å²) in [5, 5.41) is 4.27. The van der Waals surface area contributed by atoms with Crippen molar-refractivity contribution >= 4 is 17.3 Å². The average molecular weight is 314 g/mol. The van der Waals surface area contributed by atoms with E-state index in [-0.39, 0.29) is 23.9 Å². The van der Waals surface area contributed by atoms with Crippen LogP contribution in [0.5, 0.6) is 0 Å². The molecule has 0 atom stereocenters. The zero-order chi connectivity index (χ0) is 16.4. The molecule has 1 heterocycles. The minimum absolute atomic E-state index is 0.0459. The Kier molecular flexibility index (Phi) is 4.06. The van der Waals surface area contributed by atoms with Crippen LogP contribution in [-0.4, -0.2) is 28.1 Å². The van der Waals surface area contributed by atoms with E-state index in [2.05, 4.69) is 5.10 Å². The van der Waals surface area contributed by atoms with Crippen LogP contribution in [0.3, 0.4) is 0 Å². The normalized spacial score (nSPS) is 14.0. The fourth-order valence-electron chi connectivity index (χ4n) is 2.49. The van der Waals surface area contributed by atoms with Crippen LogP contribution in [0.2, 0.25) is 0 Å². The van der Waals surface area contributed by atoms with Gasteiger partial charge in [0, 0.05) is 6.42 Å². The highest BCUT2D eigenvalue weighted by molar-refractivity contribution is 6.01. The van der Waals surface area contributed by atoms with Crippen molar-refractivity contribution in [2.24, 2.45) is 0 Å². The zero-order valence-corrected chi connectivity index (χ0v) is 12.6. The highest BCUT2D eigenvalue weighted by atomic mass is 19.1. The van der Waals surface area contributed by atoms with Gasteiger partial charge in [-0.1, -0.05) is 0 Å². The van der Waals surface area contributed by atoms with Crippen molar-refractivity contribution in [1.82, 2.24) is 9.78 Å². The topological polar surface area (TPSA) is 61.2 Å². The first-order valence-electron chi connectivity index (χ1n) is 7.35. The van der Waals surface area contributed by atoms with Gasteiger partial charge in [0.2, 0.25) is 0 Å². The molecule has 1 aliphatic carbocycles. The lowest BCUT2D eigenvalue weighted by molar-refractivity contribution is -0.114. The molecule has 0 amide bonds. The lowest BCUT2D eigenvalue weighted by Gasteiger charge is -2.07. The van der Waals surface area contributed by atoms with Gasteiger partial charge in [0.1, 0.15) is 5.82 Å². The Morgan fingerprint density at radius 1 is 1.30 bits per heavy atom. The quantitative estimate of drug-likeness (QED) is 0.814. The van der Waals surface area contributed by atoms with Gasteiger partial charge in [0.25, 0.3) is 0 Å². The van der Waals surface area contributed by atoms with Gasteiger partial charge in [0.15, 0.2) is 11.5 Å². The van der Waals surface area contributed by atoms with Gasteiger partial charge in [-0.2, -0.15) is 5.10 Å². The van der Waals surface area contributed by atoms with Crippen LogP contribution in [0, 0.1) is 5.82 Å². The summed E-state index contributed by atoms with van der Waals surface area (Å²) in [7, 11) is 0. The number of hydrogen-bond donors (Lipinski definition) is 0. The molecule has 1 aromatic carbocycles. The third-order valence-electron chi connectivity index (χ3n) is 3.57. The number of benzene rings is 1. The molecule has 1 aromatic heterocycles. The summed E-state index contributed by atoms with van der Waals surface area (Å²) in [6.07, 6.45) is 2.60. The SMILES string of the molecule is CCOC(=O)c1cc(C2=CC(=O)CC2)n(-c2ccc(F)cc2)n1. The molecule has 0 bridgehead atoms. The Morgan fingerprint density at radius 2 is 2.04 bits per heavy atom. The Bertz CT molecular complexity index is 791. The van der Waals surface area contributed by atoms with Crippen molar-refractivity contribution in [3.05, 3.63) is 53.6 Å². The fourth-order valence-corrected chi connectivity index (χ4v) is 2.49. The molecule has 2 aromatic rings.